The highest BCUT2D eigenvalue weighted by atomic mass is 35.5. The molecule has 6 nitrogen and oxygen atoms in total. The maximum Gasteiger partial charge on any atom is 0.332 e. The topological polar surface area (TPSA) is 76.3 Å². The zero-order valence-electron chi connectivity index (χ0n) is 15.7. The van der Waals surface area contributed by atoms with Gasteiger partial charge in [0.15, 0.2) is 25.5 Å². The fourth-order valence-electron chi connectivity index (χ4n) is 2.69. The smallest absolute Gasteiger partial charge is 0.332 e. The Kier molecular flexibility index (Phi) is 7.38. The summed E-state index contributed by atoms with van der Waals surface area (Å²) in [4.78, 5) is 11.7. The summed E-state index contributed by atoms with van der Waals surface area (Å²) in [5.41, 5.74) is 0.646. The number of anilines is 1. The minimum Gasteiger partial charge on any atom is -0.484 e. The summed E-state index contributed by atoms with van der Waals surface area (Å²) in [6.45, 7) is -0.229. The number of carbonyl (C=O) groups is 1. The molecule has 162 valence electrons. The monoisotopic (exact) mass is 503 g/mol. The number of nitrogens with one attached hydrogen (secondary N) is 1. The maximum atomic E-state index is 13.6. The third-order valence-corrected chi connectivity index (χ3v) is 5.93. The highest BCUT2D eigenvalue weighted by molar-refractivity contribution is 7.86. The average molecular weight is 505 g/mol. The minimum absolute atomic E-state index is 0.0408. The highest BCUT2D eigenvalue weighted by Crippen LogP contribution is 2.26. The third-order valence-electron chi connectivity index (χ3n) is 4.05. The number of hydrogen-bond acceptors (Lipinski definition) is 4. The van der Waals surface area contributed by atoms with Gasteiger partial charge in [0.25, 0.3) is 5.91 Å². The third kappa shape index (κ3) is 6.54. The van der Waals surface area contributed by atoms with Crippen molar-refractivity contribution in [3.05, 3.63) is 81.6 Å². The Bertz CT molecular complexity index is 1240. The molecule has 0 fully saturated rings. The molecule has 3 rings (SSSR count). The maximum absolute atomic E-state index is 13.6. The summed E-state index contributed by atoms with van der Waals surface area (Å²) in [6, 6.07) is 11.9. The van der Waals surface area contributed by atoms with Crippen molar-refractivity contribution in [2.45, 2.75) is 11.4 Å². The number of pyridine rings is 1. The molecule has 1 amide bonds. The van der Waals surface area contributed by atoms with Crippen molar-refractivity contribution in [3.63, 3.8) is 0 Å². The fourth-order valence-corrected chi connectivity index (χ4v) is 3.93. The second kappa shape index (κ2) is 9.82. The molecule has 0 saturated carbocycles. The molecular weight excluding hydrogens is 490 g/mol. The lowest BCUT2D eigenvalue weighted by Gasteiger charge is -2.08. The summed E-state index contributed by atoms with van der Waals surface area (Å²) >= 11 is 17.5. The van der Waals surface area contributed by atoms with Gasteiger partial charge in [-0.1, -0.05) is 34.8 Å². The molecule has 0 unspecified atom stereocenters. The summed E-state index contributed by atoms with van der Waals surface area (Å²) < 4.78 is 43.4. The summed E-state index contributed by atoms with van der Waals surface area (Å²) in [5.74, 6) is -0.0438. The van der Waals surface area contributed by atoms with Crippen LogP contribution in [0, 0.1) is 0 Å². The Morgan fingerprint density at radius 3 is 2.55 bits per heavy atom. The zero-order chi connectivity index (χ0) is 22.6. The largest absolute Gasteiger partial charge is 0.484 e. The van der Waals surface area contributed by atoms with E-state index in [0.29, 0.717) is 21.5 Å². The van der Waals surface area contributed by atoms with Gasteiger partial charge in [-0.15, -0.1) is 3.89 Å². The molecule has 0 aliphatic rings. The Morgan fingerprint density at radius 2 is 1.84 bits per heavy atom. The van der Waals surface area contributed by atoms with Gasteiger partial charge in [0.1, 0.15) is 16.3 Å². The second-order valence-corrected chi connectivity index (χ2v) is 8.93. The molecule has 1 N–H and O–H groups in total. The standard InChI is InChI=1S/C20H14Cl3FN2O4S/c21-14-4-3-13(19(8-14)31(24,28)29)10-26-7-1-2-15(11-26)25-20(27)12-30-16-5-6-17(22)18(23)9-16/h1-9,11H,10,12H2/p+1. The van der Waals surface area contributed by atoms with Crippen LogP contribution < -0.4 is 14.6 Å². The van der Waals surface area contributed by atoms with Crippen LogP contribution in [-0.2, 0) is 21.6 Å². The predicted octanol–water partition coefficient (Wildman–Crippen LogP) is 4.66. The second-order valence-electron chi connectivity index (χ2n) is 6.37. The Labute approximate surface area is 193 Å². The van der Waals surface area contributed by atoms with Crippen LogP contribution in [0.2, 0.25) is 15.1 Å². The molecule has 0 bridgehead atoms. The van der Waals surface area contributed by atoms with E-state index in [2.05, 4.69) is 5.32 Å². The van der Waals surface area contributed by atoms with Crippen LogP contribution in [0.25, 0.3) is 0 Å². The van der Waals surface area contributed by atoms with Gasteiger partial charge in [0.2, 0.25) is 0 Å². The van der Waals surface area contributed by atoms with Gasteiger partial charge in [-0.25, -0.2) is 0 Å². The first-order valence-electron chi connectivity index (χ1n) is 8.72. The van der Waals surface area contributed by atoms with E-state index in [1.807, 2.05) is 0 Å². The van der Waals surface area contributed by atoms with Crippen LogP contribution in [0.15, 0.2) is 65.8 Å². The van der Waals surface area contributed by atoms with Crippen LogP contribution >= 0.6 is 34.8 Å². The quantitative estimate of drug-likeness (QED) is 0.375. The Morgan fingerprint density at radius 1 is 1.06 bits per heavy atom. The highest BCUT2D eigenvalue weighted by Gasteiger charge is 2.20. The summed E-state index contributed by atoms with van der Waals surface area (Å²) in [6.07, 6.45) is 3.21. The number of amides is 1. The van der Waals surface area contributed by atoms with Crippen molar-refractivity contribution in [2.75, 3.05) is 11.9 Å². The molecule has 31 heavy (non-hydrogen) atoms. The van der Waals surface area contributed by atoms with E-state index in [9.17, 15) is 17.1 Å². The molecule has 0 radical (unpaired) electrons. The van der Waals surface area contributed by atoms with Crippen LogP contribution in [0.3, 0.4) is 0 Å². The van der Waals surface area contributed by atoms with Crippen molar-refractivity contribution in [1.29, 1.82) is 0 Å². The number of nitrogens with zero attached hydrogens (tertiary/aromatic N) is 1. The van der Waals surface area contributed by atoms with Gasteiger partial charge in [0.05, 0.1) is 10.0 Å². The lowest BCUT2D eigenvalue weighted by atomic mass is 10.2. The first-order chi connectivity index (χ1) is 14.6. The van der Waals surface area contributed by atoms with E-state index in [-0.39, 0.29) is 23.7 Å². The van der Waals surface area contributed by atoms with Gasteiger partial charge in [-0.05, 0) is 36.4 Å². The van der Waals surface area contributed by atoms with Crippen LogP contribution in [0.5, 0.6) is 5.75 Å². The van der Waals surface area contributed by atoms with E-state index in [1.54, 1.807) is 41.2 Å². The molecule has 0 atom stereocenters. The van der Waals surface area contributed by atoms with E-state index in [0.717, 1.165) is 6.07 Å². The Balaban J connectivity index is 1.68. The fraction of sp³-hybridized carbons (Fsp3) is 0.100. The van der Waals surface area contributed by atoms with Crippen molar-refractivity contribution >= 4 is 56.6 Å². The summed E-state index contributed by atoms with van der Waals surface area (Å²) in [5, 5.41) is 3.44. The van der Waals surface area contributed by atoms with Gasteiger partial charge >= 0.3 is 10.2 Å². The Hall–Kier alpha value is -2.39. The number of aromatic nitrogens is 1. The number of halogens is 4. The number of ether oxygens (including phenoxy) is 1. The number of benzene rings is 2. The number of hydrogen-bond donors (Lipinski definition) is 1. The first kappa shape index (κ1) is 23.3. The molecule has 0 aliphatic carbocycles. The molecule has 3 aromatic rings. The number of rotatable bonds is 7. The molecule has 0 spiro atoms. The minimum atomic E-state index is -4.95. The lowest BCUT2D eigenvalue weighted by Crippen LogP contribution is -2.34. The van der Waals surface area contributed by atoms with E-state index >= 15 is 0 Å². The van der Waals surface area contributed by atoms with Crippen molar-refractivity contribution in [2.24, 2.45) is 0 Å². The molecule has 0 aliphatic heterocycles. The SMILES string of the molecule is O=C(COc1ccc(Cl)c(Cl)c1)Nc1ccc[n+](Cc2ccc(Cl)cc2S(=O)(=O)F)c1. The van der Waals surface area contributed by atoms with Crippen LogP contribution in [0.1, 0.15) is 5.56 Å². The van der Waals surface area contributed by atoms with Crippen LogP contribution in [-0.4, -0.2) is 20.9 Å². The molecular formula is C20H15Cl3FN2O4S+. The van der Waals surface area contributed by atoms with Crippen molar-refractivity contribution in [3.8, 4) is 5.75 Å². The van der Waals surface area contributed by atoms with Crippen molar-refractivity contribution in [1.82, 2.24) is 0 Å². The van der Waals surface area contributed by atoms with E-state index in [1.165, 1.54) is 18.2 Å². The van der Waals surface area contributed by atoms with Gasteiger partial charge in [-0.3, -0.25) is 4.79 Å². The van der Waals surface area contributed by atoms with Crippen molar-refractivity contribution < 1.29 is 26.4 Å². The van der Waals surface area contributed by atoms with Crippen LogP contribution in [0.4, 0.5) is 9.57 Å². The molecule has 1 heterocycles. The van der Waals surface area contributed by atoms with Gasteiger partial charge in [-0.2, -0.15) is 13.0 Å². The molecule has 2 aromatic carbocycles. The molecule has 1 aromatic heterocycles. The average Bonchev–Trinajstić information content (AvgIpc) is 2.70. The summed E-state index contributed by atoms with van der Waals surface area (Å²) in [7, 11) is -4.95. The van der Waals surface area contributed by atoms with Gasteiger partial charge < -0.3 is 10.1 Å². The normalized spacial score (nSPS) is 11.2. The zero-order valence-corrected chi connectivity index (χ0v) is 18.8. The van der Waals surface area contributed by atoms with Gasteiger partial charge in [0, 0.05) is 22.7 Å². The van der Waals surface area contributed by atoms with E-state index in [4.69, 9.17) is 39.5 Å². The molecule has 0 saturated heterocycles. The van der Waals surface area contributed by atoms with E-state index < -0.39 is 21.0 Å². The lowest BCUT2D eigenvalue weighted by molar-refractivity contribution is -0.688. The first-order valence-corrected chi connectivity index (χ1v) is 11.2. The number of carbonyl (C=O) groups excluding carboxylic acids is 1. The predicted molar refractivity (Wildman–Crippen MR) is 116 cm³/mol. The molecule has 11 heteroatoms.